The van der Waals surface area contributed by atoms with Crippen molar-refractivity contribution in [3.05, 3.63) is 34.8 Å². The molecule has 2 N–H and O–H groups in total. The molecular formula is C22H27F2N5O2. The molecule has 5 rings (SSSR count). The first-order chi connectivity index (χ1) is 14.9. The Kier molecular flexibility index (Phi) is 5.08. The molecule has 1 atom stereocenters. The topological polar surface area (TPSA) is 76.6 Å². The molecule has 1 fully saturated rings. The van der Waals surface area contributed by atoms with Gasteiger partial charge < -0.3 is 24.8 Å². The number of ether oxygens (including phenoxy) is 1. The number of carbonyl (C=O) groups is 1. The van der Waals surface area contributed by atoms with Crippen molar-refractivity contribution in [2.75, 3.05) is 36.9 Å². The summed E-state index contributed by atoms with van der Waals surface area (Å²) in [5, 5.41) is 0. The maximum Gasteiger partial charge on any atom is 0.265 e. The summed E-state index contributed by atoms with van der Waals surface area (Å²) in [5.74, 6) is 1.97. The molecule has 1 amide bonds. The van der Waals surface area contributed by atoms with Gasteiger partial charge in [-0.25, -0.2) is 13.8 Å². The van der Waals surface area contributed by atoms with E-state index < -0.39 is 6.43 Å². The van der Waals surface area contributed by atoms with E-state index in [0.29, 0.717) is 39.4 Å². The predicted molar refractivity (Wildman–Crippen MR) is 113 cm³/mol. The molecule has 31 heavy (non-hydrogen) atoms. The average Bonchev–Trinajstić information content (AvgIpc) is 3.40. The lowest BCUT2D eigenvalue weighted by Crippen LogP contribution is -2.38. The third-order valence-electron chi connectivity index (χ3n) is 6.65. The number of anilines is 3. The second-order valence-electron chi connectivity index (χ2n) is 8.56. The largest absolute Gasteiger partial charge is 0.398 e. The Labute approximate surface area is 179 Å². The standard InChI is InChI=1S/C22H27F2N5O2/c1-13(30)27-6-7-29-19(11-27)22(26-21(29)15-4-8-31-12-15)28-5-2-3-14-9-17(25)16(20(23)24)10-18(14)28/h9-10,15,20H,2-8,11-12,25H2,1H3. The van der Waals surface area contributed by atoms with E-state index in [1.807, 2.05) is 9.80 Å². The van der Waals surface area contributed by atoms with Gasteiger partial charge in [0.25, 0.3) is 6.43 Å². The molecule has 1 aromatic heterocycles. The Bertz CT molecular complexity index is 1020. The molecule has 1 unspecified atom stereocenters. The zero-order valence-electron chi connectivity index (χ0n) is 17.6. The van der Waals surface area contributed by atoms with E-state index in [0.717, 1.165) is 47.8 Å². The van der Waals surface area contributed by atoms with Gasteiger partial charge in [0.15, 0.2) is 5.82 Å². The molecule has 4 heterocycles. The molecule has 7 nitrogen and oxygen atoms in total. The lowest BCUT2D eigenvalue weighted by Gasteiger charge is -2.34. The van der Waals surface area contributed by atoms with Crippen LogP contribution in [0.25, 0.3) is 0 Å². The maximum absolute atomic E-state index is 13.6. The normalized spacial score (nSPS) is 20.8. The van der Waals surface area contributed by atoms with E-state index in [1.165, 1.54) is 6.07 Å². The van der Waals surface area contributed by atoms with Crippen molar-refractivity contribution in [1.82, 2.24) is 14.5 Å². The Morgan fingerprint density at radius 3 is 2.84 bits per heavy atom. The van der Waals surface area contributed by atoms with Crippen molar-refractivity contribution in [3.8, 4) is 0 Å². The van der Waals surface area contributed by atoms with Crippen LogP contribution in [-0.2, 0) is 29.0 Å². The zero-order chi connectivity index (χ0) is 21.7. The third-order valence-corrected chi connectivity index (χ3v) is 6.65. The lowest BCUT2D eigenvalue weighted by atomic mass is 9.98. The summed E-state index contributed by atoms with van der Waals surface area (Å²) < 4.78 is 35.0. The molecule has 9 heteroatoms. The second-order valence-corrected chi connectivity index (χ2v) is 8.56. The number of benzene rings is 1. The molecule has 0 radical (unpaired) electrons. The van der Waals surface area contributed by atoms with Gasteiger partial charge in [-0.05, 0) is 37.0 Å². The number of nitrogen functional groups attached to an aromatic ring is 1. The average molecular weight is 431 g/mol. The smallest absolute Gasteiger partial charge is 0.265 e. The van der Waals surface area contributed by atoms with E-state index in [1.54, 1.807) is 13.0 Å². The van der Waals surface area contributed by atoms with Gasteiger partial charge in [-0.1, -0.05) is 0 Å². The number of nitrogens with two attached hydrogens (primary N) is 1. The molecule has 0 saturated carbocycles. The van der Waals surface area contributed by atoms with Crippen LogP contribution in [0.1, 0.15) is 54.8 Å². The van der Waals surface area contributed by atoms with E-state index >= 15 is 0 Å². The fraction of sp³-hybridized carbons (Fsp3) is 0.545. The number of imidazole rings is 1. The highest BCUT2D eigenvalue weighted by molar-refractivity contribution is 5.75. The summed E-state index contributed by atoms with van der Waals surface area (Å²) >= 11 is 0. The summed E-state index contributed by atoms with van der Waals surface area (Å²) in [4.78, 5) is 21.0. The molecule has 0 bridgehead atoms. The van der Waals surface area contributed by atoms with Crippen LogP contribution in [0.5, 0.6) is 0 Å². The van der Waals surface area contributed by atoms with Crippen LogP contribution in [0, 0.1) is 0 Å². The summed E-state index contributed by atoms with van der Waals surface area (Å²) in [6.07, 6.45) is -0.0530. The first kappa shape index (κ1) is 20.2. The molecule has 2 aromatic rings. The minimum Gasteiger partial charge on any atom is -0.398 e. The van der Waals surface area contributed by atoms with Crippen LogP contribution in [0.4, 0.5) is 26.0 Å². The fourth-order valence-corrected chi connectivity index (χ4v) is 4.99. The lowest BCUT2D eigenvalue weighted by molar-refractivity contribution is -0.130. The highest BCUT2D eigenvalue weighted by atomic mass is 19.3. The number of hydrogen-bond acceptors (Lipinski definition) is 5. The number of carbonyl (C=O) groups excluding carboxylic acids is 1. The van der Waals surface area contributed by atoms with Crippen molar-refractivity contribution >= 4 is 23.1 Å². The fourth-order valence-electron chi connectivity index (χ4n) is 4.99. The minimum atomic E-state index is -2.63. The molecule has 1 aromatic carbocycles. The van der Waals surface area contributed by atoms with E-state index in [-0.39, 0.29) is 23.1 Å². The second kappa shape index (κ2) is 7.78. The Hall–Kier alpha value is -2.68. The van der Waals surface area contributed by atoms with Gasteiger partial charge in [-0.3, -0.25) is 4.79 Å². The van der Waals surface area contributed by atoms with Crippen molar-refractivity contribution in [2.24, 2.45) is 0 Å². The highest BCUT2D eigenvalue weighted by Gasteiger charge is 2.34. The zero-order valence-corrected chi connectivity index (χ0v) is 17.6. The van der Waals surface area contributed by atoms with Crippen molar-refractivity contribution in [2.45, 2.75) is 51.6 Å². The van der Waals surface area contributed by atoms with Crippen LogP contribution < -0.4 is 10.6 Å². The van der Waals surface area contributed by atoms with Crippen LogP contribution >= 0.6 is 0 Å². The van der Waals surface area contributed by atoms with E-state index in [9.17, 15) is 13.6 Å². The summed E-state index contributed by atoms with van der Waals surface area (Å²) in [6.45, 7) is 5.39. The van der Waals surface area contributed by atoms with Crippen molar-refractivity contribution in [1.29, 1.82) is 0 Å². The number of aromatic nitrogens is 2. The molecule has 1 saturated heterocycles. The monoisotopic (exact) mass is 431 g/mol. The van der Waals surface area contributed by atoms with Crippen molar-refractivity contribution in [3.63, 3.8) is 0 Å². The van der Waals surface area contributed by atoms with Gasteiger partial charge in [-0.15, -0.1) is 0 Å². The molecule has 3 aliphatic heterocycles. The molecule has 0 aliphatic carbocycles. The number of amides is 1. The Morgan fingerprint density at radius 2 is 2.13 bits per heavy atom. The number of nitrogens with zero attached hydrogens (tertiary/aromatic N) is 4. The maximum atomic E-state index is 13.6. The summed E-state index contributed by atoms with van der Waals surface area (Å²) in [5.41, 5.74) is 8.56. The summed E-state index contributed by atoms with van der Waals surface area (Å²) in [6, 6.07) is 3.20. The minimum absolute atomic E-state index is 0.0240. The quantitative estimate of drug-likeness (QED) is 0.755. The van der Waals surface area contributed by atoms with Crippen LogP contribution in [0.15, 0.2) is 12.1 Å². The number of halogens is 2. The van der Waals surface area contributed by atoms with Gasteiger partial charge in [0, 0.05) is 56.0 Å². The van der Waals surface area contributed by atoms with Gasteiger partial charge in [0.05, 0.1) is 18.8 Å². The molecular weight excluding hydrogens is 404 g/mol. The number of hydrogen-bond donors (Lipinski definition) is 1. The van der Waals surface area contributed by atoms with Gasteiger partial charge >= 0.3 is 0 Å². The van der Waals surface area contributed by atoms with E-state index in [2.05, 4.69) is 4.57 Å². The highest BCUT2D eigenvalue weighted by Crippen LogP contribution is 2.41. The third kappa shape index (κ3) is 3.44. The Morgan fingerprint density at radius 1 is 1.29 bits per heavy atom. The number of fused-ring (bicyclic) bond motifs is 2. The van der Waals surface area contributed by atoms with Crippen LogP contribution in [0.2, 0.25) is 0 Å². The number of aryl methyl sites for hydroxylation is 1. The number of rotatable bonds is 3. The van der Waals surface area contributed by atoms with E-state index in [4.69, 9.17) is 15.5 Å². The van der Waals surface area contributed by atoms with Crippen LogP contribution in [-0.4, -0.2) is 46.7 Å². The first-order valence-corrected chi connectivity index (χ1v) is 10.8. The first-order valence-electron chi connectivity index (χ1n) is 10.8. The molecule has 3 aliphatic rings. The summed E-state index contributed by atoms with van der Waals surface area (Å²) in [7, 11) is 0. The SMILES string of the molecule is CC(=O)N1CCn2c(C3CCOC3)nc(N3CCCc4cc(N)c(C(F)F)cc43)c2C1. The van der Waals surface area contributed by atoms with Crippen molar-refractivity contribution < 1.29 is 18.3 Å². The van der Waals surface area contributed by atoms with Crippen LogP contribution in [0.3, 0.4) is 0 Å². The molecule has 166 valence electrons. The number of alkyl halides is 2. The molecule has 0 spiro atoms. The predicted octanol–water partition coefficient (Wildman–Crippen LogP) is 3.35. The van der Waals surface area contributed by atoms with Gasteiger partial charge in [0.1, 0.15) is 5.82 Å². The Balaban J connectivity index is 1.63. The van der Waals surface area contributed by atoms with Gasteiger partial charge in [0.2, 0.25) is 5.91 Å². The van der Waals surface area contributed by atoms with Gasteiger partial charge in [-0.2, -0.15) is 0 Å².